The van der Waals surface area contributed by atoms with E-state index in [0.29, 0.717) is 12.1 Å². The van der Waals surface area contributed by atoms with E-state index >= 15 is 0 Å². The van der Waals surface area contributed by atoms with Gasteiger partial charge in [-0.25, -0.2) is 4.79 Å². The molecule has 1 fully saturated rings. The summed E-state index contributed by atoms with van der Waals surface area (Å²) in [5.74, 6) is 0. The van der Waals surface area contributed by atoms with Crippen molar-refractivity contribution in [3.05, 3.63) is 12.2 Å². The van der Waals surface area contributed by atoms with E-state index in [2.05, 4.69) is 24.4 Å². The van der Waals surface area contributed by atoms with E-state index in [1.165, 1.54) is 0 Å². The Kier molecular flexibility index (Phi) is 6.91. The molecule has 1 aliphatic rings. The summed E-state index contributed by atoms with van der Waals surface area (Å²) in [5, 5.41) is 2.81. The number of nitrogens with zero attached hydrogens (tertiary/aromatic N) is 1. The minimum Gasteiger partial charge on any atom is -0.444 e. The van der Waals surface area contributed by atoms with E-state index in [9.17, 15) is 9.59 Å². The maximum atomic E-state index is 11.6. The number of carbonyl (C=O) groups excluding carboxylic acids is 2. The Hall–Kier alpha value is -1.52. The van der Waals surface area contributed by atoms with Gasteiger partial charge < -0.3 is 15.0 Å². The van der Waals surface area contributed by atoms with Gasteiger partial charge in [0.25, 0.3) is 0 Å². The lowest BCUT2D eigenvalue weighted by Crippen LogP contribution is -2.37. The number of alkyl carbamates (subject to hydrolysis) is 1. The van der Waals surface area contributed by atoms with Crippen molar-refractivity contribution in [2.45, 2.75) is 84.0 Å². The first-order chi connectivity index (χ1) is 10.2. The van der Waals surface area contributed by atoms with Crippen molar-refractivity contribution in [3.8, 4) is 0 Å². The second kappa shape index (κ2) is 8.20. The molecule has 0 spiro atoms. The molecule has 2 amide bonds. The van der Waals surface area contributed by atoms with Gasteiger partial charge in [0.15, 0.2) is 0 Å². The Morgan fingerprint density at radius 2 is 2.05 bits per heavy atom. The number of ether oxygens (including phenoxy) is 1. The van der Waals surface area contributed by atoms with Gasteiger partial charge in [-0.2, -0.15) is 0 Å². The fourth-order valence-corrected chi connectivity index (χ4v) is 2.64. The van der Waals surface area contributed by atoms with Crippen molar-refractivity contribution in [3.63, 3.8) is 0 Å². The van der Waals surface area contributed by atoms with Crippen molar-refractivity contribution in [1.29, 1.82) is 0 Å². The Bertz CT molecular complexity index is 401. The molecule has 0 aromatic rings. The van der Waals surface area contributed by atoms with E-state index in [-0.39, 0.29) is 12.1 Å². The lowest BCUT2D eigenvalue weighted by Gasteiger charge is -2.23. The number of hydrogen-bond acceptors (Lipinski definition) is 3. The van der Waals surface area contributed by atoms with Gasteiger partial charge in [-0.05, 0) is 60.3 Å². The number of nitrogens with one attached hydrogen (secondary N) is 1. The van der Waals surface area contributed by atoms with Gasteiger partial charge in [-0.15, -0.1) is 0 Å². The van der Waals surface area contributed by atoms with Crippen LogP contribution in [0.2, 0.25) is 0 Å². The molecule has 1 aliphatic heterocycles. The molecule has 5 heteroatoms. The highest BCUT2D eigenvalue weighted by atomic mass is 16.6. The van der Waals surface area contributed by atoms with Crippen LogP contribution in [0, 0.1) is 0 Å². The smallest absolute Gasteiger partial charge is 0.407 e. The van der Waals surface area contributed by atoms with Gasteiger partial charge in [0.05, 0.1) is 0 Å². The summed E-state index contributed by atoms with van der Waals surface area (Å²) in [6.07, 6.45) is 8.52. The molecule has 3 unspecified atom stereocenters. The largest absolute Gasteiger partial charge is 0.444 e. The van der Waals surface area contributed by atoms with Crippen LogP contribution in [0.3, 0.4) is 0 Å². The van der Waals surface area contributed by atoms with Crippen LogP contribution < -0.4 is 5.32 Å². The highest BCUT2D eigenvalue weighted by Crippen LogP contribution is 2.24. The van der Waals surface area contributed by atoms with Crippen LogP contribution in [0.5, 0.6) is 0 Å². The zero-order valence-corrected chi connectivity index (χ0v) is 14.5. The fourth-order valence-electron chi connectivity index (χ4n) is 2.64. The first-order valence-electron chi connectivity index (χ1n) is 8.10. The second-order valence-corrected chi connectivity index (χ2v) is 7.12. The molecule has 1 rings (SSSR count). The Labute approximate surface area is 134 Å². The highest BCUT2D eigenvalue weighted by molar-refractivity contribution is 5.68. The van der Waals surface area contributed by atoms with E-state index < -0.39 is 5.60 Å². The third-order valence-corrected chi connectivity index (χ3v) is 3.80. The monoisotopic (exact) mass is 310 g/mol. The number of carbonyl (C=O) groups is 2. The SMILES string of the molecule is CC(C/C=C\CC1CCC(C)N1C=O)NC(=O)OC(C)(C)C. The summed E-state index contributed by atoms with van der Waals surface area (Å²) in [4.78, 5) is 24.6. The van der Waals surface area contributed by atoms with E-state index in [4.69, 9.17) is 4.74 Å². The molecule has 0 aromatic heterocycles. The van der Waals surface area contributed by atoms with E-state index in [1.54, 1.807) is 0 Å². The molecule has 126 valence electrons. The Morgan fingerprint density at radius 1 is 1.36 bits per heavy atom. The van der Waals surface area contributed by atoms with Crippen molar-refractivity contribution < 1.29 is 14.3 Å². The molecule has 1 saturated heterocycles. The van der Waals surface area contributed by atoms with Gasteiger partial charge in [0.2, 0.25) is 6.41 Å². The van der Waals surface area contributed by atoms with Crippen LogP contribution in [0.25, 0.3) is 0 Å². The van der Waals surface area contributed by atoms with Crippen LogP contribution in [0.15, 0.2) is 12.2 Å². The predicted octanol–water partition coefficient (Wildman–Crippen LogP) is 3.25. The topological polar surface area (TPSA) is 58.6 Å². The molecule has 1 heterocycles. The number of likely N-dealkylation sites (tertiary alicyclic amines) is 1. The summed E-state index contributed by atoms with van der Waals surface area (Å²) < 4.78 is 5.22. The average Bonchev–Trinajstić information content (AvgIpc) is 2.72. The number of amides is 2. The summed E-state index contributed by atoms with van der Waals surface area (Å²) in [5.41, 5.74) is -0.475. The van der Waals surface area contributed by atoms with E-state index in [1.807, 2.05) is 32.6 Å². The molecular formula is C17H30N2O3. The molecule has 22 heavy (non-hydrogen) atoms. The van der Waals surface area contributed by atoms with Gasteiger partial charge in [0.1, 0.15) is 5.60 Å². The molecule has 3 atom stereocenters. The number of hydrogen-bond donors (Lipinski definition) is 1. The van der Waals surface area contributed by atoms with Crippen LogP contribution in [0.4, 0.5) is 4.79 Å². The van der Waals surface area contributed by atoms with E-state index in [0.717, 1.165) is 32.1 Å². The maximum Gasteiger partial charge on any atom is 0.407 e. The van der Waals surface area contributed by atoms with Crippen molar-refractivity contribution >= 4 is 12.5 Å². The number of rotatable bonds is 6. The lowest BCUT2D eigenvalue weighted by molar-refractivity contribution is -0.120. The van der Waals surface area contributed by atoms with Crippen LogP contribution in [-0.2, 0) is 9.53 Å². The summed E-state index contributed by atoms with van der Waals surface area (Å²) in [6, 6.07) is 0.692. The van der Waals surface area contributed by atoms with Crippen molar-refractivity contribution in [1.82, 2.24) is 10.2 Å². The molecule has 5 nitrogen and oxygen atoms in total. The van der Waals surface area contributed by atoms with Crippen molar-refractivity contribution in [2.75, 3.05) is 0 Å². The molecule has 1 N–H and O–H groups in total. The minimum absolute atomic E-state index is 0.0239. The van der Waals surface area contributed by atoms with Gasteiger partial charge in [-0.1, -0.05) is 12.2 Å². The van der Waals surface area contributed by atoms with Gasteiger partial charge >= 0.3 is 6.09 Å². The Balaban J connectivity index is 2.28. The normalized spacial score (nSPS) is 23.6. The quantitative estimate of drug-likeness (QED) is 0.605. The first kappa shape index (κ1) is 18.5. The molecule has 0 aromatic carbocycles. The van der Waals surface area contributed by atoms with Crippen LogP contribution in [0.1, 0.15) is 60.3 Å². The molecule has 0 radical (unpaired) electrons. The summed E-state index contributed by atoms with van der Waals surface area (Å²) >= 11 is 0. The van der Waals surface area contributed by atoms with Gasteiger partial charge in [0, 0.05) is 18.1 Å². The molecule has 0 aliphatic carbocycles. The zero-order chi connectivity index (χ0) is 16.8. The predicted molar refractivity (Wildman–Crippen MR) is 87.6 cm³/mol. The summed E-state index contributed by atoms with van der Waals surface area (Å²) in [7, 11) is 0. The third kappa shape index (κ3) is 6.50. The van der Waals surface area contributed by atoms with Crippen molar-refractivity contribution in [2.24, 2.45) is 0 Å². The fraction of sp³-hybridized carbons (Fsp3) is 0.765. The van der Waals surface area contributed by atoms with Crippen LogP contribution >= 0.6 is 0 Å². The second-order valence-electron chi connectivity index (χ2n) is 7.12. The van der Waals surface area contributed by atoms with Crippen LogP contribution in [-0.4, -0.2) is 41.1 Å². The lowest BCUT2D eigenvalue weighted by atomic mass is 10.1. The summed E-state index contributed by atoms with van der Waals surface area (Å²) in [6.45, 7) is 9.57. The maximum absolute atomic E-state index is 11.6. The minimum atomic E-state index is -0.475. The highest BCUT2D eigenvalue weighted by Gasteiger charge is 2.27. The standard InChI is InChI=1S/C17H30N2O3/c1-13(18-16(21)22-17(3,4)5)8-6-7-9-15-11-10-14(2)19(15)12-20/h6-7,12-15H,8-11H2,1-5H3,(H,18,21)/b7-6-. The molecule has 0 bridgehead atoms. The first-order valence-corrected chi connectivity index (χ1v) is 8.10. The zero-order valence-electron chi connectivity index (χ0n) is 14.5. The van der Waals surface area contributed by atoms with Gasteiger partial charge in [-0.3, -0.25) is 4.79 Å². The Morgan fingerprint density at radius 3 is 2.64 bits per heavy atom. The molecular weight excluding hydrogens is 280 g/mol. The third-order valence-electron chi connectivity index (χ3n) is 3.80. The molecule has 0 saturated carbocycles. The average molecular weight is 310 g/mol.